The van der Waals surface area contributed by atoms with Crippen LogP contribution in [-0.2, 0) is 0 Å². The molecule has 11 rings (SSSR count). The molecule has 0 aliphatic heterocycles. The van der Waals surface area contributed by atoms with Crippen LogP contribution < -0.4 is 4.90 Å². The Morgan fingerprint density at radius 3 is 1.47 bits per heavy atom. The Hall–Kier alpha value is -7.94. The van der Waals surface area contributed by atoms with Gasteiger partial charge in [0.1, 0.15) is 0 Å². The minimum absolute atomic E-state index is 0.173. The van der Waals surface area contributed by atoms with Crippen molar-refractivity contribution in [1.29, 1.82) is 0 Å². The molecule has 11 aromatic rings. The summed E-state index contributed by atoms with van der Waals surface area (Å²) in [5.74, 6) is 0. The van der Waals surface area contributed by atoms with Gasteiger partial charge in [-0.15, -0.1) is 0 Å². The van der Waals surface area contributed by atoms with E-state index in [1.807, 2.05) is 0 Å². The van der Waals surface area contributed by atoms with E-state index in [9.17, 15) is 27.4 Å². The first-order valence-electron chi connectivity index (χ1n) is 37.3. The molecule has 0 aliphatic carbocycles. The van der Waals surface area contributed by atoms with Crippen LogP contribution in [-0.4, -0.2) is 4.57 Å². The molecule has 10 aromatic carbocycles. The molecule has 0 saturated carbocycles. The van der Waals surface area contributed by atoms with Crippen molar-refractivity contribution in [3.63, 3.8) is 0 Å². The molecule has 0 atom stereocenters. The maximum atomic E-state index is 9.96. The van der Waals surface area contributed by atoms with Crippen molar-refractivity contribution in [2.75, 3.05) is 4.90 Å². The van der Waals surface area contributed by atoms with Crippen molar-refractivity contribution in [3.8, 4) is 50.2 Å². The Labute approximate surface area is 406 Å². The van der Waals surface area contributed by atoms with E-state index in [1.165, 1.54) is 0 Å². The van der Waals surface area contributed by atoms with E-state index in [2.05, 4.69) is 0 Å². The monoisotopic (exact) mass is 805 g/mol. The van der Waals surface area contributed by atoms with E-state index in [4.69, 9.17) is 27.4 Å². The number of nitrogens with zero attached hydrogens (tertiary/aromatic N) is 2. The van der Waals surface area contributed by atoms with Crippen LogP contribution in [0.1, 0.15) is 54.8 Å². The summed E-state index contributed by atoms with van der Waals surface area (Å²) in [7, 11) is 0. The molecule has 0 unspecified atom stereocenters. The second kappa shape index (κ2) is 15.1. The van der Waals surface area contributed by atoms with Crippen molar-refractivity contribution < 1.29 is 54.8 Å². The Balaban J connectivity index is 1.32. The number of para-hydroxylation sites is 2. The van der Waals surface area contributed by atoms with Crippen molar-refractivity contribution in [3.05, 3.63) is 242 Å². The predicted molar refractivity (Wildman–Crippen MR) is 255 cm³/mol. The van der Waals surface area contributed by atoms with Gasteiger partial charge in [-0.1, -0.05) is 187 Å². The van der Waals surface area contributed by atoms with Crippen molar-refractivity contribution in [2.24, 2.45) is 0 Å². The SMILES string of the molecule is [2H]c1c([2H])c([2H])c(-c2c([2H])c([2H])c(-c3c([2H])c([2H])c([2H])c([2H])c3N(c3c([2H])c([2H])c(-c4c([2H])c([2H])c([2H])c([2H])c4[2H])c([2H])c3[2H])c3c([2H])c([2H])c(-c4c([2H])c([2H])c5c(c4[2H])c4c([2H])c([2H])c([2H])c([2H])c4n5-c4c([2H])c([2H])c([2H])c5c([2H])c([2H])c([2H])c([2H])c45)c([2H])c3[2H])c([2H])c2[2H])c([2H])c1[2H]. The smallest absolute Gasteiger partial charge is 0.0645 e. The number of anilines is 3. The zero-order chi connectivity index (χ0) is 74.6. The van der Waals surface area contributed by atoms with Crippen molar-refractivity contribution in [1.82, 2.24) is 4.57 Å². The highest BCUT2D eigenvalue weighted by Gasteiger charge is 2.19. The van der Waals surface area contributed by atoms with E-state index in [1.54, 1.807) is 0 Å². The highest BCUT2D eigenvalue weighted by molar-refractivity contribution is 6.11. The lowest BCUT2D eigenvalue weighted by Crippen LogP contribution is -2.11. The van der Waals surface area contributed by atoms with Gasteiger partial charge < -0.3 is 9.47 Å². The summed E-state index contributed by atoms with van der Waals surface area (Å²) in [6.07, 6.45) is 0. The zero-order valence-electron chi connectivity index (χ0n) is 69.9. The summed E-state index contributed by atoms with van der Waals surface area (Å²) in [5.41, 5.74) is -14.9. The lowest BCUT2D eigenvalue weighted by molar-refractivity contribution is 1.20. The number of aromatic nitrogens is 1. The van der Waals surface area contributed by atoms with Gasteiger partial charge in [0.2, 0.25) is 0 Å². The average Bonchev–Trinajstić information content (AvgIpc) is 1.45. The van der Waals surface area contributed by atoms with Crippen molar-refractivity contribution in [2.45, 2.75) is 0 Å². The van der Waals surface area contributed by atoms with E-state index in [0.29, 0.717) is 4.57 Å². The molecule has 0 amide bonds. The highest BCUT2D eigenvalue weighted by atomic mass is 15.1. The summed E-state index contributed by atoms with van der Waals surface area (Å²) in [6, 6.07) is -46.2. The molecule has 1 aromatic heterocycles. The molecule has 0 fully saturated rings. The molecule has 60 heavy (non-hydrogen) atoms. The third-order valence-electron chi connectivity index (χ3n) is 8.86. The fourth-order valence-corrected chi connectivity index (χ4v) is 6.22. The van der Waals surface area contributed by atoms with Crippen LogP contribution >= 0.6 is 0 Å². The van der Waals surface area contributed by atoms with Crippen LogP contribution in [0.4, 0.5) is 17.1 Å². The molecule has 1 heterocycles. The van der Waals surface area contributed by atoms with Gasteiger partial charge in [0.05, 0.1) is 77.2 Å². The molecular weight excluding hydrogens is 725 g/mol. The Bertz CT molecular complexity index is 5530. The first-order chi connectivity index (χ1) is 46.4. The van der Waals surface area contributed by atoms with Crippen LogP contribution in [0.3, 0.4) is 0 Å². The fourth-order valence-electron chi connectivity index (χ4n) is 6.22. The summed E-state index contributed by atoms with van der Waals surface area (Å²) in [6.45, 7) is 0. The van der Waals surface area contributed by atoms with E-state index in [-0.39, 0.29) is 4.90 Å². The van der Waals surface area contributed by atoms with Crippen LogP contribution in [0, 0.1) is 0 Å². The number of hydrogen-bond donors (Lipinski definition) is 0. The third-order valence-corrected chi connectivity index (χ3v) is 8.86. The third kappa shape index (κ3) is 6.32. The molecular formula is C58H40N2. The van der Waals surface area contributed by atoms with Gasteiger partial charge in [-0.2, -0.15) is 0 Å². The Kier molecular flexibility index (Phi) is 3.28. The number of fused-ring (bicyclic) bond motifs is 4. The topological polar surface area (TPSA) is 8.17 Å². The molecule has 2 heteroatoms. The lowest BCUT2D eigenvalue weighted by Gasteiger charge is -2.28. The van der Waals surface area contributed by atoms with Gasteiger partial charge in [-0.05, 0) is 98.7 Å². The van der Waals surface area contributed by atoms with Gasteiger partial charge in [0, 0.05) is 33.1 Å². The first kappa shape index (κ1) is 13.0. The van der Waals surface area contributed by atoms with Crippen LogP contribution in [0.2, 0.25) is 0 Å². The van der Waals surface area contributed by atoms with Gasteiger partial charge >= 0.3 is 0 Å². The van der Waals surface area contributed by atoms with Gasteiger partial charge in [0.25, 0.3) is 0 Å². The molecule has 0 N–H and O–H groups in total. The largest absolute Gasteiger partial charge is 0.310 e. The molecule has 0 bridgehead atoms. The van der Waals surface area contributed by atoms with E-state index in [0.717, 1.165) is 0 Å². The Morgan fingerprint density at radius 2 is 0.783 bits per heavy atom. The molecule has 0 radical (unpaired) electrons. The highest BCUT2D eigenvalue weighted by Crippen LogP contribution is 2.43. The number of hydrogen-bond acceptors (Lipinski definition) is 1. The lowest BCUT2D eigenvalue weighted by atomic mass is 9.98. The Morgan fingerprint density at radius 1 is 0.317 bits per heavy atom. The van der Waals surface area contributed by atoms with Crippen LogP contribution in [0.25, 0.3) is 82.8 Å². The van der Waals surface area contributed by atoms with E-state index >= 15 is 0 Å². The van der Waals surface area contributed by atoms with Crippen molar-refractivity contribution >= 4 is 49.6 Å². The standard InChI is InChI=1S/C58H40N2/c1-3-14-41(15-4-1)43-26-28-47(29-27-43)52-21-9-11-23-55(52)59(49-35-30-44(31-36-49)42-16-5-2-6-17-42)50-37-32-45(33-38-50)48-34-39-58-54(40-48)53-22-10-12-24-57(53)60(58)56-25-13-19-46-18-7-8-20-51(46)56/h1-40H/i1D,2D,3D,4D,5D,6D,7D,8D,9D,10D,11D,12D,13D,14D,15D,16D,17D,18D,19D,20D,21D,22D,23D,24D,25D,26D,27D,28D,29D,30D,31D,32D,33D,34D,35D,36D,37D,38D,39D,40D. The maximum absolute atomic E-state index is 9.96. The summed E-state index contributed by atoms with van der Waals surface area (Å²) in [5, 5.41) is -2.91. The summed E-state index contributed by atoms with van der Waals surface area (Å²) in [4.78, 5) is 0.173. The van der Waals surface area contributed by atoms with E-state index < -0.39 is 342 Å². The van der Waals surface area contributed by atoms with Gasteiger partial charge in [0.15, 0.2) is 0 Å². The fraction of sp³-hybridized carbons (Fsp3) is 0. The minimum Gasteiger partial charge on any atom is -0.310 e. The molecule has 0 aliphatic rings. The number of benzene rings is 10. The van der Waals surface area contributed by atoms with Gasteiger partial charge in [-0.3, -0.25) is 0 Å². The minimum atomic E-state index is -1.50. The quantitative estimate of drug-likeness (QED) is 0.149. The maximum Gasteiger partial charge on any atom is 0.0645 e. The van der Waals surface area contributed by atoms with Crippen LogP contribution in [0.15, 0.2) is 242 Å². The average molecular weight is 805 g/mol. The summed E-state index contributed by atoms with van der Waals surface area (Å²) >= 11 is 0. The summed E-state index contributed by atoms with van der Waals surface area (Å²) < 4.78 is 364. The number of rotatable bonds is 8. The second-order valence-electron chi connectivity index (χ2n) is 12.3. The molecule has 282 valence electrons. The zero-order valence-corrected chi connectivity index (χ0v) is 29.9. The predicted octanol–water partition coefficient (Wildman–Crippen LogP) is 16.1. The molecule has 2 nitrogen and oxygen atoms in total. The molecule has 0 spiro atoms. The first-order valence-corrected chi connectivity index (χ1v) is 17.3. The molecule has 0 saturated heterocycles. The van der Waals surface area contributed by atoms with Gasteiger partial charge in [-0.25, -0.2) is 0 Å². The normalized spacial score (nSPS) is 20.7. The van der Waals surface area contributed by atoms with Crippen LogP contribution in [0.5, 0.6) is 0 Å². The second-order valence-corrected chi connectivity index (χ2v) is 12.3.